The Morgan fingerprint density at radius 3 is 1.41 bits per heavy atom. The van der Waals surface area contributed by atoms with Crippen LogP contribution >= 0.6 is 7.37 Å². The molecule has 6 nitrogen and oxygen atoms in total. The van der Waals surface area contributed by atoms with E-state index >= 15 is 4.57 Å². The Bertz CT molecular complexity index is 1880. The second-order valence-electron chi connectivity index (χ2n) is 10.6. The molecule has 0 aliphatic carbocycles. The molecule has 0 fully saturated rings. The maximum absolute atomic E-state index is 15.4. The van der Waals surface area contributed by atoms with Crippen molar-refractivity contribution in [3.05, 3.63) is 157 Å². The van der Waals surface area contributed by atoms with Gasteiger partial charge in [-0.3, -0.25) is 4.57 Å². The van der Waals surface area contributed by atoms with Crippen LogP contribution in [0.4, 0.5) is 11.4 Å². The summed E-state index contributed by atoms with van der Waals surface area (Å²) in [4.78, 5) is 0. The number of para-hydroxylation sites is 1. The van der Waals surface area contributed by atoms with Crippen molar-refractivity contribution in [3.63, 3.8) is 0 Å². The van der Waals surface area contributed by atoms with Gasteiger partial charge >= 0.3 is 0 Å². The van der Waals surface area contributed by atoms with Crippen molar-refractivity contribution in [3.8, 4) is 39.9 Å². The highest BCUT2D eigenvalue weighted by Gasteiger charge is 2.44. The number of nitrogens with two attached hydrogens (primary N) is 2. The van der Waals surface area contributed by atoms with Crippen molar-refractivity contribution < 1.29 is 18.6 Å². The van der Waals surface area contributed by atoms with Crippen LogP contribution in [0.2, 0.25) is 0 Å². The zero-order valence-electron chi connectivity index (χ0n) is 23.7. The first-order valence-electron chi connectivity index (χ1n) is 14.2. The van der Waals surface area contributed by atoms with Crippen molar-refractivity contribution in [1.29, 1.82) is 0 Å². The molecule has 216 valence electrons. The van der Waals surface area contributed by atoms with Gasteiger partial charge in [0, 0.05) is 16.9 Å². The molecule has 0 saturated carbocycles. The van der Waals surface area contributed by atoms with Crippen molar-refractivity contribution >= 4 is 24.0 Å². The molecule has 0 aromatic heterocycles. The molecule has 1 aliphatic heterocycles. The van der Waals surface area contributed by atoms with E-state index in [2.05, 4.69) is 0 Å². The quantitative estimate of drug-likeness (QED) is 0.141. The molecule has 7 rings (SSSR count). The molecule has 44 heavy (non-hydrogen) atoms. The first-order valence-corrected chi connectivity index (χ1v) is 15.9. The normalized spacial score (nSPS) is 15.1. The van der Waals surface area contributed by atoms with Crippen LogP contribution in [0.15, 0.2) is 146 Å². The number of hydrogen-bond donors (Lipinski definition) is 2. The summed E-state index contributed by atoms with van der Waals surface area (Å²) in [6.07, 6.45) is 0. The van der Waals surface area contributed by atoms with Gasteiger partial charge in [0.2, 0.25) is 0 Å². The van der Waals surface area contributed by atoms with Gasteiger partial charge in [-0.2, -0.15) is 0 Å². The number of ether oxygens (including phenoxy) is 2. The predicted octanol–water partition coefficient (Wildman–Crippen LogP) is 9.19. The number of anilines is 2. The van der Waals surface area contributed by atoms with E-state index in [0.717, 1.165) is 22.3 Å². The minimum Gasteiger partial charge on any atom is -0.457 e. The minimum atomic E-state index is -3.57. The fraction of sp³-hybridized carbons (Fsp3) is 0.0270. The molecule has 7 heteroatoms. The number of rotatable bonds is 7. The van der Waals surface area contributed by atoms with Gasteiger partial charge in [0.25, 0.3) is 7.37 Å². The van der Waals surface area contributed by atoms with Gasteiger partial charge in [0.1, 0.15) is 34.4 Å². The molecule has 0 radical (unpaired) electrons. The smallest absolute Gasteiger partial charge is 0.289 e. The number of hydrogen-bond acceptors (Lipinski definition) is 6. The molecule has 0 spiro atoms. The first-order chi connectivity index (χ1) is 21.5. The highest BCUT2D eigenvalue weighted by Crippen LogP contribution is 2.65. The lowest BCUT2D eigenvalue weighted by atomic mass is 10.0. The second-order valence-corrected chi connectivity index (χ2v) is 13.0. The third kappa shape index (κ3) is 5.28. The summed E-state index contributed by atoms with van der Waals surface area (Å²) in [5.74, 6) is 3.26. The fourth-order valence-electron chi connectivity index (χ4n) is 5.49. The topological polar surface area (TPSA) is 96.8 Å². The van der Waals surface area contributed by atoms with Gasteiger partial charge < -0.3 is 25.5 Å². The zero-order chi connectivity index (χ0) is 30.1. The van der Waals surface area contributed by atoms with Gasteiger partial charge in [-0.15, -0.1) is 0 Å². The van der Waals surface area contributed by atoms with Gasteiger partial charge in [-0.25, -0.2) is 0 Å². The minimum absolute atomic E-state index is 0.603. The van der Waals surface area contributed by atoms with Crippen molar-refractivity contribution in [2.24, 2.45) is 0 Å². The maximum Gasteiger partial charge on any atom is 0.289 e. The van der Waals surface area contributed by atoms with Gasteiger partial charge in [-0.05, 0) is 102 Å². The average Bonchev–Trinajstić information content (AvgIpc) is 3.05. The summed E-state index contributed by atoms with van der Waals surface area (Å²) < 4.78 is 34.1. The predicted molar refractivity (Wildman–Crippen MR) is 176 cm³/mol. The summed E-state index contributed by atoms with van der Waals surface area (Å²) in [5, 5.41) is 0.688. The Balaban J connectivity index is 1.29. The summed E-state index contributed by atoms with van der Waals surface area (Å²) in [6.45, 7) is 0. The van der Waals surface area contributed by atoms with E-state index in [1.165, 1.54) is 0 Å². The largest absolute Gasteiger partial charge is 0.457 e. The molecular formula is C37H29N2O4P. The molecule has 1 aliphatic rings. The molecule has 0 saturated heterocycles. The molecule has 1 heterocycles. The van der Waals surface area contributed by atoms with E-state index in [1.807, 2.05) is 121 Å². The number of fused-ring (bicyclic) bond motifs is 3. The maximum atomic E-state index is 15.4. The molecule has 0 bridgehead atoms. The molecule has 6 aromatic carbocycles. The van der Waals surface area contributed by atoms with Gasteiger partial charge in [0.05, 0.1) is 5.30 Å². The van der Waals surface area contributed by atoms with Crippen molar-refractivity contribution in [2.75, 3.05) is 11.5 Å². The Morgan fingerprint density at radius 2 is 0.909 bits per heavy atom. The van der Waals surface area contributed by atoms with Crippen molar-refractivity contribution in [1.82, 2.24) is 0 Å². The molecule has 1 atom stereocenters. The standard InChI is InChI=1S/C37H29N2O4P/c38-27-13-21-31(22-14-27)41-29-17-9-25(10-18-29)37(26-11-19-30(20-12-26)42-32-23-15-28(39)16-24-32)44(40)36-8-4-2-6-34(36)33-5-1-3-7-35(33)43-44/h1-24,37H,38-39H2. The van der Waals surface area contributed by atoms with E-state index < -0.39 is 13.0 Å². The van der Waals surface area contributed by atoms with Crippen LogP contribution in [-0.4, -0.2) is 0 Å². The van der Waals surface area contributed by atoms with Crippen LogP contribution in [0, 0.1) is 0 Å². The highest BCUT2D eigenvalue weighted by atomic mass is 31.2. The molecule has 4 N–H and O–H groups in total. The van der Waals surface area contributed by atoms with Crippen LogP contribution < -0.4 is 30.8 Å². The molecule has 6 aromatic rings. The van der Waals surface area contributed by atoms with Crippen LogP contribution in [0.25, 0.3) is 11.1 Å². The third-order valence-electron chi connectivity index (χ3n) is 7.61. The van der Waals surface area contributed by atoms with E-state index in [9.17, 15) is 0 Å². The van der Waals surface area contributed by atoms with Gasteiger partial charge in [-0.1, -0.05) is 60.7 Å². The average molecular weight is 597 g/mol. The first kappa shape index (κ1) is 27.4. The van der Waals surface area contributed by atoms with Crippen molar-refractivity contribution in [2.45, 2.75) is 5.66 Å². The lowest BCUT2D eigenvalue weighted by molar-refractivity contribution is 0.478. The Hall–Kier alpha value is -5.45. The number of nitrogen functional groups attached to an aromatic ring is 2. The van der Waals surface area contributed by atoms with E-state index in [4.69, 9.17) is 25.5 Å². The molecule has 0 amide bonds. The Labute approximate surface area is 255 Å². The van der Waals surface area contributed by atoms with Crippen LogP contribution in [-0.2, 0) is 4.57 Å². The second kappa shape index (κ2) is 11.3. The Morgan fingerprint density at radius 1 is 0.500 bits per heavy atom. The third-order valence-corrected chi connectivity index (χ3v) is 10.4. The van der Waals surface area contributed by atoms with E-state index in [1.54, 1.807) is 24.3 Å². The van der Waals surface area contributed by atoms with Crippen LogP contribution in [0.5, 0.6) is 28.7 Å². The number of benzene rings is 6. The van der Waals surface area contributed by atoms with E-state index in [-0.39, 0.29) is 0 Å². The highest BCUT2D eigenvalue weighted by molar-refractivity contribution is 7.68. The molecule has 1 unspecified atom stereocenters. The molecular weight excluding hydrogens is 567 g/mol. The summed E-state index contributed by atoms with van der Waals surface area (Å²) in [7, 11) is -3.57. The van der Waals surface area contributed by atoms with Crippen LogP contribution in [0.1, 0.15) is 16.8 Å². The summed E-state index contributed by atoms with van der Waals surface area (Å²) in [5.41, 5.74) is 15.9. The monoisotopic (exact) mass is 596 g/mol. The lowest BCUT2D eigenvalue weighted by Gasteiger charge is -2.34. The summed E-state index contributed by atoms with van der Waals surface area (Å²) in [6, 6.07) is 45.3. The SMILES string of the molecule is Nc1ccc(Oc2ccc(C(c3ccc(Oc4ccc(N)cc4)cc3)P3(=O)Oc4ccccc4-c4ccccc43)cc2)cc1. The fourth-order valence-corrected chi connectivity index (χ4v) is 8.38. The zero-order valence-corrected chi connectivity index (χ0v) is 24.6. The van der Waals surface area contributed by atoms with Gasteiger partial charge in [0.15, 0.2) is 0 Å². The Kier molecular flexibility index (Phi) is 7.05. The lowest BCUT2D eigenvalue weighted by Crippen LogP contribution is -2.22. The van der Waals surface area contributed by atoms with Crippen LogP contribution in [0.3, 0.4) is 0 Å². The van der Waals surface area contributed by atoms with E-state index in [0.29, 0.717) is 45.4 Å². The summed E-state index contributed by atoms with van der Waals surface area (Å²) >= 11 is 0.